The SMILES string of the molecule is CCCCc1cc2c(s1)SCC(=O)N2CC(=O)NCc1ccc(C)cc1. The van der Waals surface area contributed by atoms with Crippen LogP contribution < -0.4 is 10.2 Å². The van der Waals surface area contributed by atoms with Crippen LogP contribution in [0.3, 0.4) is 0 Å². The molecule has 0 saturated heterocycles. The van der Waals surface area contributed by atoms with E-state index in [-0.39, 0.29) is 18.4 Å². The molecule has 26 heavy (non-hydrogen) atoms. The smallest absolute Gasteiger partial charge is 0.240 e. The molecular formula is C20H24N2O2S2. The fraction of sp³-hybridized carbons (Fsp3) is 0.400. The molecule has 1 aliphatic heterocycles. The number of thioether (sulfide) groups is 1. The Morgan fingerprint density at radius 1 is 1.27 bits per heavy atom. The number of thiophene rings is 1. The predicted octanol–water partition coefficient (Wildman–Crippen LogP) is 4.15. The van der Waals surface area contributed by atoms with E-state index in [0.717, 1.165) is 34.7 Å². The van der Waals surface area contributed by atoms with Gasteiger partial charge >= 0.3 is 0 Å². The van der Waals surface area contributed by atoms with E-state index in [4.69, 9.17) is 0 Å². The van der Waals surface area contributed by atoms with Crippen molar-refractivity contribution in [2.45, 2.75) is 43.9 Å². The van der Waals surface area contributed by atoms with Crippen molar-refractivity contribution in [1.82, 2.24) is 5.32 Å². The highest BCUT2D eigenvalue weighted by molar-refractivity contribution is 8.02. The van der Waals surface area contributed by atoms with E-state index in [1.807, 2.05) is 31.2 Å². The maximum absolute atomic E-state index is 12.4. The molecule has 0 aliphatic carbocycles. The highest BCUT2D eigenvalue weighted by atomic mass is 32.2. The standard InChI is InChI=1S/C20H24N2O2S2/c1-3-4-5-16-10-17-20(26-16)25-13-19(24)22(17)12-18(23)21-11-15-8-6-14(2)7-9-15/h6-10H,3-5,11-13H2,1-2H3,(H,21,23). The van der Waals surface area contributed by atoms with Gasteiger partial charge in [0, 0.05) is 11.4 Å². The Morgan fingerprint density at radius 2 is 2.04 bits per heavy atom. The minimum Gasteiger partial charge on any atom is -0.350 e. The van der Waals surface area contributed by atoms with Gasteiger partial charge in [0.2, 0.25) is 11.8 Å². The lowest BCUT2D eigenvalue weighted by Crippen LogP contribution is -2.42. The molecule has 2 aromatic rings. The van der Waals surface area contributed by atoms with Crippen molar-refractivity contribution >= 4 is 40.6 Å². The predicted molar refractivity (Wildman–Crippen MR) is 109 cm³/mol. The van der Waals surface area contributed by atoms with Crippen molar-refractivity contribution in [3.05, 3.63) is 46.3 Å². The number of hydrogen-bond donors (Lipinski definition) is 1. The van der Waals surface area contributed by atoms with E-state index < -0.39 is 0 Å². The molecule has 4 nitrogen and oxygen atoms in total. The third-order valence-corrected chi connectivity index (χ3v) is 6.78. The zero-order valence-corrected chi connectivity index (χ0v) is 16.8. The number of aryl methyl sites for hydroxylation is 2. The van der Waals surface area contributed by atoms with Crippen LogP contribution in [0.15, 0.2) is 34.5 Å². The first-order valence-corrected chi connectivity index (χ1v) is 10.7. The van der Waals surface area contributed by atoms with Gasteiger partial charge in [-0.2, -0.15) is 0 Å². The highest BCUT2D eigenvalue weighted by Gasteiger charge is 2.28. The molecule has 0 bridgehead atoms. The molecule has 6 heteroatoms. The molecule has 2 heterocycles. The van der Waals surface area contributed by atoms with E-state index >= 15 is 0 Å². The van der Waals surface area contributed by atoms with E-state index in [9.17, 15) is 9.59 Å². The van der Waals surface area contributed by atoms with Gasteiger partial charge < -0.3 is 10.2 Å². The molecule has 1 aromatic carbocycles. The molecule has 0 atom stereocenters. The molecular weight excluding hydrogens is 364 g/mol. The van der Waals surface area contributed by atoms with Crippen molar-refractivity contribution in [2.75, 3.05) is 17.2 Å². The van der Waals surface area contributed by atoms with Crippen LogP contribution in [-0.4, -0.2) is 24.1 Å². The summed E-state index contributed by atoms with van der Waals surface area (Å²) in [6.07, 6.45) is 3.34. The molecule has 0 radical (unpaired) electrons. The molecule has 1 N–H and O–H groups in total. The van der Waals surface area contributed by atoms with Crippen LogP contribution in [0.5, 0.6) is 0 Å². The molecule has 1 aromatic heterocycles. The fourth-order valence-corrected chi connectivity index (χ4v) is 5.19. The van der Waals surface area contributed by atoms with Gasteiger partial charge in [0.25, 0.3) is 0 Å². The number of fused-ring (bicyclic) bond motifs is 1. The van der Waals surface area contributed by atoms with Crippen molar-refractivity contribution < 1.29 is 9.59 Å². The van der Waals surface area contributed by atoms with Crippen LogP contribution in [0, 0.1) is 6.92 Å². The van der Waals surface area contributed by atoms with Gasteiger partial charge in [-0.1, -0.05) is 43.2 Å². The number of carbonyl (C=O) groups excluding carboxylic acids is 2. The highest BCUT2D eigenvalue weighted by Crippen LogP contribution is 2.42. The van der Waals surface area contributed by atoms with E-state index in [2.05, 4.69) is 18.3 Å². The molecule has 0 unspecified atom stereocenters. The van der Waals surface area contributed by atoms with Crippen LogP contribution in [-0.2, 0) is 22.6 Å². The van der Waals surface area contributed by atoms with Gasteiger partial charge in [0.15, 0.2) is 0 Å². The average Bonchev–Trinajstić information content (AvgIpc) is 3.05. The van der Waals surface area contributed by atoms with Crippen molar-refractivity contribution in [3.63, 3.8) is 0 Å². The number of benzene rings is 1. The maximum atomic E-state index is 12.4. The molecule has 0 spiro atoms. The summed E-state index contributed by atoms with van der Waals surface area (Å²) in [4.78, 5) is 27.7. The minimum absolute atomic E-state index is 0.00725. The lowest BCUT2D eigenvalue weighted by molar-refractivity contribution is -0.123. The quantitative estimate of drug-likeness (QED) is 0.775. The van der Waals surface area contributed by atoms with Crippen molar-refractivity contribution in [3.8, 4) is 0 Å². The average molecular weight is 389 g/mol. The summed E-state index contributed by atoms with van der Waals surface area (Å²) in [6.45, 7) is 4.78. The zero-order valence-electron chi connectivity index (χ0n) is 15.2. The van der Waals surface area contributed by atoms with Gasteiger partial charge in [-0.3, -0.25) is 9.59 Å². The normalized spacial score (nSPS) is 13.6. The number of unbranched alkanes of at least 4 members (excludes halogenated alkanes) is 1. The van der Waals surface area contributed by atoms with Gasteiger partial charge in [-0.05, 0) is 31.4 Å². The number of anilines is 1. The molecule has 3 rings (SSSR count). The van der Waals surface area contributed by atoms with Crippen molar-refractivity contribution in [1.29, 1.82) is 0 Å². The van der Waals surface area contributed by atoms with Crippen LogP contribution in [0.25, 0.3) is 0 Å². The van der Waals surface area contributed by atoms with Gasteiger partial charge in [0.1, 0.15) is 6.54 Å². The largest absolute Gasteiger partial charge is 0.350 e. The maximum Gasteiger partial charge on any atom is 0.240 e. The Kier molecular flexibility index (Phi) is 6.38. The Balaban J connectivity index is 1.63. The van der Waals surface area contributed by atoms with Gasteiger partial charge in [0.05, 0.1) is 15.6 Å². The zero-order chi connectivity index (χ0) is 18.5. The Morgan fingerprint density at radius 3 is 2.77 bits per heavy atom. The number of carbonyl (C=O) groups is 2. The summed E-state index contributed by atoms with van der Waals surface area (Å²) in [6, 6.07) is 10.2. The van der Waals surface area contributed by atoms with E-state index in [1.165, 1.54) is 10.4 Å². The first kappa shape index (κ1) is 19.0. The van der Waals surface area contributed by atoms with E-state index in [1.54, 1.807) is 28.0 Å². The summed E-state index contributed by atoms with van der Waals surface area (Å²) < 4.78 is 1.15. The number of nitrogens with zero attached hydrogens (tertiary/aromatic N) is 1. The second-order valence-corrected chi connectivity index (χ2v) is 8.90. The topological polar surface area (TPSA) is 49.4 Å². The minimum atomic E-state index is -0.127. The number of nitrogens with one attached hydrogen (secondary N) is 1. The lowest BCUT2D eigenvalue weighted by atomic mass is 10.1. The molecule has 138 valence electrons. The van der Waals surface area contributed by atoms with Crippen LogP contribution in [0.2, 0.25) is 0 Å². The Bertz CT molecular complexity index is 784. The monoisotopic (exact) mass is 388 g/mol. The number of rotatable bonds is 7. The van der Waals surface area contributed by atoms with Crippen LogP contribution in [0.1, 0.15) is 35.8 Å². The number of amides is 2. The van der Waals surface area contributed by atoms with Crippen molar-refractivity contribution in [2.24, 2.45) is 0 Å². The third kappa shape index (κ3) is 4.68. The summed E-state index contributed by atoms with van der Waals surface area (Å²) in [5.41, 5.74) is 3.16. The Labute approximate surface area is 163 Å². The molecule has 1 aliphatic rings. The van der Waals surface area contributed by atoms with Gasteiger partial charge in [-0.25, -0.2) is 0 Å². The van der Waals surface area contributed by atoms with Gasteiger partial charge in [-0.15, -0.1) is 23.1 Å². The second kappa shape index (κ2) is 8.73. The molecule has 2 amide bonds. The first-order chi connectivity index (χ1) is 12.6. The van der Waals surface area contributed by atoms with E-state index in [0.29, 0.717) is 12.3 Å². The molecule has 0 saturated carbocycles. The third-order valence-electron chi connectivity index (χ3n) is 4.34. The van der Waals surface area contributed by atoms with Crippen LogP contribution in [0.4, 0.5) is 5.69 Å². The first-order valence-electron chi connectivity index (χ1n) is 8.95. The summed E-state index contributed by atoms with van der Waals surface area (Å²) in [7, 11) is 0. The lowest BCUT2D eigenvalue weighted by Gasteiger charge is -2.25. The molecule has 0 fully saturated rings. The Hall–Kier alpha value is -1.79. The summed E-state index contributed by atoms with van der Waals surface area (Å²) in [5.74, 6) is 0.289. The second-order valence-electron chi connectivity index (χ2n) is 6.52. The van der Waals surface area contributed by atoms with Crippen LogP contribution >= 0.6 is 23.1 Å². The summed E-state index contributed by atoms with van der Waals surface area (Å²) >= 11 is 3.35. The fourth-order valence-electron chi connectivity index (χ4n) is 2.80. The number of hydrogen-bond acceptors (Lipinski definition) is 4. The summed E-state index contributed by atoms with van der Waals surface area (Å²) in [5, 5.41) is 2.92.